The summed E-state index contributed by atoms with van der Waals surface area (Å²) in [7, 11) is 0. The third-order valence-electron chi connectivity index (χ3n) is 5.29. The first kappa shape index (κ1) is 21.8. The highest BCUT2D eigenvalue weighted by atomic mass is 19.4. The molecule has 0 aliphatic carbocycles. The Kier molecular flexibility index (Phi) is 5.39. The molecule has 7 nitrogen and oxygen atoms in total. The molecule has 3 aliphatic heterocycles. The van der Waals surface area contributed by atoms with E-state index >= 15 is 0 Å². The van der Waals surface area contributed by atoms with Gasteiger partial charge in [-0.1, -0.05) is 12.1 Å². The lowest BCUT2D eigenvalue weighted by Crippen LogP contribution is -2.51. The van der Waals surface area contributed by atoms with Gasteiger partial charge < -0.3 is 20.4 Å². The van der Waals surface area contributed by atoms with E-state index in [1.165, 1.54) is 41.6 Å². The molecule has 170 valence electrons. The predicted octanol–water partition coefficient (Wildman–Crippen LogP) is 1.61. The summed E-state index contributed by atoms with van der Waals surface area (Å²) in [5, 5.41) is 4.57. The summed E-state index contributed by atoms with van der Waals surface area (Å²) >= 11 is 0. The number of alkyl halides is 5. The molecule has 12 heteroatoms. The number of carbonyl (C=O) groups is 2. The van der Waals surface area contributed by atoms with Gasteiger partial charge in [-0.15, -0.1) is 0 Å². The first-order valence-corrected chi connectivity index (χ1v) is 9.72. The van der Waals surface area contributed by atoms with Crippen LogP contribution in [0.2, 0.25) is 0 Å². The molecule has 1 aromatic heterocycles. The van der Waals surface area contributed by atoms with Crippen molar-refractivity contribution in [2.24, 2.45) is 0 Å². The number of halogens is 5. The number of H-pyrrole nitrogens is 1. The van der Waals surface area contributed by atoms with E-state index in [4.69, 9.17) is 0 Å². The predicted molar refractivity (Wildman–Crippen MR) is 100 cm³/mol. The minimum atomic E-state index is -4.80. The second-order valence-corrected chi connectivity index (χ2v) is 7.55. The molecule has 4 rings (SSSR count). The van der Waals surface area contributed by atoms with E-state index in [0.29, 0.717) is 0 Å². The zero-order valence-corrected chi connectivity index (χ0v) is 16.5. The van der Waals surface area contributed by atoms with Crippen molar-refractivity contribution in [2.45, 2.75) is 30.7 Å². The molecule has 1 saturated heterocycles. The number of likely N-dealkylation sites (tertiary alicyclic amines) is 1. The standard InChI is InChI=1S/C20H18F5N5O2/c21-19(22)7-10-29(11-19)18(32)16-27-14(13-6-2-4-9-30(13)16)17(31)28-15(20(23,24)25)12-5-1-3-8-26-12/h1-6,8-9,15-16,27H,7,10-11H2,(H,28,31)/p+1. The number of fused-ring (bicyclic) bond motifs is 1. The monoisotopic (exact) mass is 456 g/mol. The van der Waals surface area contributed by atoms with Gasteiger partial charge in [0.15, 0.2) is 12.4 Å². The highest BCUT2D eigenvalue weighted by Crippen LogP contribution is 2.33. The number of allylic oxidation sites excluding steroid dienone is 3. The summed E-state index contributed by atoms with van der Waals surface area (Å²) in [6.45, 7) is -0.914. The van der Waals surface area contributed by atoms with Crippen LogP contribution in [0.25, 0.3) is 0 Å². The molecule has 0 bridgehead atoms. The van der Waals surface area contributed by atoms with Crippen LogP contribution in [0.15, 0.2) is 60.2 Å². The van der Waals surface area contributed by atoms with E-state index < -0.39 is 49.1 Å². The maximum Gasteiger partial charge on any atom is 0.418 e. The maximum atomic E-state index is 13.6. The van der Waals surface area contributed by atoms with Gasteiger partial charge in [-0.3, -0.25) is 9.59 Å². The zero-order valence-electron chi connectivity index (χ0n) is 16.5. The van der Waals surface area contributed by atoms with Crippen LogP contribution in [-0.2, 0) is 9.59 Å². The molecule has 3 N–H and O–H groups in total. The number of nitrogens with zero attached hydrogens (tertiary/aromatic N) is 2. The average molecular weight is 456 g/mol. The van der Waals surface area contributed by atoms with Crippen molar-refractivity contribution in [3.8, 4) is 0 Å². The number of rotatable bonds is 4. The maximum absolute atomic E-state index is 13.6. The SMILES string of the molecule is O=C(NC(c1cccc[nH+]1)C(F)(F)F)C1=C2C=CC=CN2C(C(=O)N2CCC(F)(F)C2)N1. The number of aromatic amines is 1. The fourth-order valence-electron chi connectivity index (χ4n) is 3.76. The fourth-order valence-corrected chi connectivity index (χ4v) is 3.76. The number of hydrogen-bond donors (Lipinski definition) is 2. The van der Waals surface area contributed by atoms with Gasteiger partial charge in [0.25, 0.3) is 17.7 Å². The van der Waals surface area contributed by atoms with Gasteiger partial charge in [0.05, 0.1) is 12.2 Å². The Morgan fingerprint density at radius 2 is 2.03 bits per heavy atom. The normalized spacial score (nSPS) is 22.6. The van der Waals surface area contributed by atoms with Gasteiger partial charge in [0.1, 0.15) is 5.70 Å². The summed E-state index contributed by atoms with van der Waals surface area (Å²) < 4.78 is 68.0. The molecule has 0 spiro atoms. The van der Waals surface area contributed by atoms with Crippen LogP contribution >= 0.6 is 0 Å². The van der Waals surface area contributed by atoms with E-state index in [2.05, 4.69) is 10.3 Å². The third kappa shape index (κ3) is 4.16. The largest absolute Gasteiger partial charge is 0.418 e. The van der Waals surface area contributed by atoms with E-state index in [1.54, 1.807) is 12.2 Å². The Balaban J connectivity index is 1.57. The van der Waals surface area contributed by atoms with Crippen LogP contribution in [0, 0.1) is 0 Å². The molecule has 2 unspecified atom stereocenters. The summed E-state index contributed by atoms with van der Waals surface area (Å²) in [6.07, 6.45) is 0.801. The number of carbonyl (C=O) groups excluding carboxylic acids is 2. The Morgan fingerprint density at radius 1 is 1.25 bits per heavy atom. The van der Waals surface area contributed by atoms with Crippen LogP contribution < -0.4 is 15.6 Å². The van der Waals surface area contributed by atoms with Crippen LogP contribution in [0.4, 0.5) is 22.0 Å². The molecule has 1 aromatic rings. The number of amides is 2. The second kappa shape index (κ2) is 7.92. The highest BCUT2D eigenvalue weighted by Gasteiger charge is 2.48. The Morgan fingerprint density at radius 3 is 2.66 bits per heavy atom. The Labute approximate surface area is 179 Å². The lowest BCUT2D eigenvalue weighted by Gasteiger charge is -2.28. The van der Waals surface area contributed by atoms with Crippen LogP contribution in [0.5, 0.6) is 0 Å². The van der Waals surface area contributed by atoms with E-state index in [9.17, 15) is 31.5 Å². The summed E-state index contributed by atoms with van der Waals surface area (Å²) in [5.41, 5.74) is -0.382. The Bertz CT molecular complexity index is 1010. The lowest BCUT2D eigenvalue weighted by atomic mass is 10.1. The van der Waals surface area contributed by atoms with Crippen molar-refractivity contribution in [1.29, 1.82) is 0 Å². The molecule has 0 radical (unpaired) electrons. The second-order valence-electron chi connectivity index (χ2n) is 7.55. The number of hydrogen-bond acceptors (Lipinski definition) is 4. The molecular formula is C20H19F5N5O2+. The minimum Gasteiger partial charge on any atom is -0.351 e. The van der Waals surface area contributed by atoms with E-state index in [0.717, 1.165) is 4.90 Å². The number of aromatic nitrogens is 1. The van der Waals surface area contributed by atoms with Crippen molar-refractivity contribution >= 4 is 11.8 Å². The Hall–Kier alpha value is -3.44. The van der Waals surface area contributed by atoms with Gasteiger partial charge >= 0.3 is 6.18 Å². The lowest BCUT2D eigenvalue weighted by molar-refractivity contribution is -0.401. The van der Waals surface area contributed by atoms with E-state index in [1.807, 2.05) is 5.32 Å². The fraction of sp³-hybridized carbons (Fsp3) is 0.350. The summed E-state index contributed by atoms with van der Waals surface area (Å²) in [6, 6.07) is 1.75. The van der Waals surface area contributed by atoms with Crippen molar-refractivity contribution in [3.63, 3.8) is 0 Å². The molecule has 3 aliphatic rings. The first-order chi connectivity index (χ1) is 15.1. The molecule has 32 heavy (non-hydrogen) atoms. The smallest absolute Gasteiger partial charge is 0.351 e. The van der Waals surface area contributed by atoms with Crippen LogP contribution in [-0.4, -0.2) is 53.0 Å². The van der Waals surface area contributed by atoms with Crippen molar-refractivity contribution in [2.75, 3.05) is 13.1 Å². The third-order valence-corrected chi connectivity index (χ3v) is 5.29. The molecule has 1 fully saturated rings. The molecule has 4 heterocycles. The van der Waals surface area contributed by atoms with Crippen molar-refractivity contribution in [3.05, 3.63) is 65.9 Å². The summed E-state index contributed by atoms with van der Waals surface area (Å²) in [4.78, 5) is 30.5. The topological polar surface area (TPSA) is 78.8 Å². The number of pyridine rings is 1. The van der Waals surface area contributed by atoms with Crippen LogP contribution in [0.1, 0.15) is 18.2 Å². The average Bonchev–Trinajstić information content (AvgIpc) is 3.31. The van der Waals surface area contributed by atoms with Crippen molar-refractivity contribution in [1.82, 2.24) is 20.4 Å². The summed E-state index contributed by atoms with van der Waals surface area (Å²) in [5.74, 6) is -4.80. The minimum absolute atomic E-state index is 0.158. The van der Waals surface area contributed by atoms with Gasteiger partial charge in [-0.05, 0) is 12.2 Å². The van der Waals surface area contributed by atoms with Crippen molar-refractivity contribution < 1.29 is 36.5 Å². The van der Waals surface area contributed by atoms with Gasteiger partial charge in [-0.2, -0.15) is 13.2 Å². The van der Waals surface area contributed by atoms with Gasteiger partial charge in [0, 0.05) is 31.3 Å². The molecule has 0 saturated carbocycles. The quantitative estimate of drug-likeness (QED) is 0.675. The zero-order chi connectivity index (χ0) is 23.1. The highest BCUT2D eigenvalue weighted by molar-refractivity contribution is 5.97. The molecule has 2 amide bonds. The molecular weight excluding hydrogens is 437 g/mol. The van der Waals surface area contributed by atoms with E-state index in [-0.39, 0.29) is 23.6 Å². The molecule has 0 aromatic carbocycles. The first-order valence-electron chi connectivity index (χ1n) is 9.72. The van der Waals surface area contributed by atoms with Gasteiger partial charge in [0.2, 0.25) is 11.7 Å². The molecule has 2 atom stereocenters. The van der Waals surface area contributed by atoms with Gasteiger partial charge in [-0.25, -0.2) is 13.8 Å². The van der Waals surface area contributed by atoms with Crippen LogP contribution in [0.3, 0.4) is 0 Å². The number of nitrogens with one attached hydrogen (secondary N) is 3.